The highest BCUT2D eigenvalue weighted by atomic mass is 16.5. The number of esters is 1. The van der Waals surface area contributed by atoms with E-state index < -0.39 is 5.41 Å². The van der Waals surface area contributed by atoms with E-state index in [2.05, 4.69) is 19.1 Å². The maximum atomic E-state index is 11.9. The fourth-order valence-corrected chi connectivity index (χ4v) is 2.79. The zero-order chi connectivity index (χ0) is 11.2. The lowest BCUT2D eigenvalue weighted by Crippen LogP contribution is -2.28. The summed E-state index contributed by atoms with van der Waals surface area (Å²) in [5.41, 5.74) is 0.744. The Balaban J connectivity index is 2.02. The van der Waals surface area contributed by atoms with Gasteiger partial charge in [0, 0.05) is 5.41 Å². The van der Waals surface area contributed by atoms with Gasteiger partial charge in [0.1, 0.15) is 6.61 Å². The van der Waals surface area contributed by atoms with Gasteiger partial charge in [0.15, 0.2) is 0 Å². The van der Waals surface area contributed by atoms with Crippen LogP contribution < -0.4 is 0 Å². The first-order valence-corrected chi connectivity index (χ1v) is 5.59. The van der Waals surface area contributed by atoms with Crippen LogP contribution in [0.1, 0.15) is 18.9 Å². The molecule has 1 spiro atoms. The minimum Gasteiger partial charge on any atom is -0.461 e. The maximum absolute atomic E-state index is 11.9. The molecular formula is C14H14O2. The summed E-state index contributed by atoms with van der Waals surface area (Å²) in [6, 6.07) is 10.2. The van der Waals surface area contributed by atoms with Crippen LogP contribution in [-0.2, 0) is 14.9 Å². The second-order valence-corrected chi connectivity index (χ2v) is 4.85. The Morgan fingerprint density at radius 1 is 1.25 bits per heavy atom. The minimum atomic E-state index is -0.396. The SMILES string of the molecule is C[C@]1(c2ccccc2)C[C@@]12C=CCOC2=O. The van der Waals surface area contributed by atoms with E-state index in [1.165, 1.54) is 5.56 Å². The van der Waals surface area contributed by atoms with Crippen molar-refractivity contribution in [1.29, 1.82) is 0 Å². The molecule has 1 aliphatic carbocycles. The molecule has 2 heteroatoms. The summed E-state index contributed by atoms with van der Waals surface area (Å²) in [4.78, 5) is 11.9. The largest absolute Gasteiger partial charge is 0.461 e. The predicted octanol–water partition coefficient (Wildman–Crippen LogP) is 2.45. The topological polar surface area (TPSA) is 26.3 Å². The molecule has 2 atom stereocenters. The maximum Gasteiger partial charge on any atom is 0.317 e. The van der Waals surface area contributed by atoms with E-state index in [0.29, 0.717) is 6.61 Å². The van der Waals surface area contributed by atoms with Crippen molar-refractivity contribution >= 4 is 5.97 Å². The van der Waals surface area contributed by atoms with Crippen LogP contribution in [0.3, 0.4) is 0 Å². The number of ether oxygens (including phenoxy) is 1. The van der Waals surface area contributed by atoms with Crippen LogP contribution in [0.2, 0.25) is 0 Å². The summed E-state index contributed by atoms with van der Waals surface area (Å²) in [5, 5.41) is 0. The minimum absolute atomic E-state index is 0.0682. The Bertz CT molecular complexity index is 463. The molecular weight excluding hydrogens is 200 g/mol. The van der Waals surface area contributed by atoms with Crippen LogP contribution in [0.5, 0.6) is 0 Å². The monoisotopic (exact) mass is 214 g/mol. The van der Waals surface area contributed by atoms with Crippen molar-refractivity contribution in [3.8, 4) is 0 Å². The van der Waals surface area contributed by atoms with Crippen molar-refractivity contribution in [3.63, 3.8) is 0 Å². The van der Waals surface area contributed by atoms with Crippen LogP contribution in [0.4, 0.5) is 0 Å². The Labute approximate surface area is 94.9 Å². The van der Waals surface area contributed by atoms with Crippen molar-refractivity contribution in [2.45, 2.75) is 18.8 Å². The predicted molar refractivity (Wildman–Crippen MR) is 60.9 cm³/mol. The molecule has 82 valence electrons. The summed E-state index contributed by atoms with van der Waals surface area (Å²) in [7, 11) is 0. The number of cyclic esters (lactones) is 1. The molecule has 1 aromatic carbocycles. The van der Waals surface area contributed by atoms with E-state index in [-0.39, 0.29) is 11.4 Å². The van der Waals surface area contributed by atoms with Crippen molar-refractivity contribution in [2.24, 2.45) is 5.41 Å². The highest BCUT2D eigenvalue weighted by Crippen LogP contribution is 2.66. The molecule has 16 heavy (non-hydrogen) atoms. The number of benzene rings is 1. The van der Waals surface area contributed by atoms with Gasteiger partial charge in [-0.25, -0.2) is 0 Å². The molecule has 1 aromatic rings. The lowest BCUT2D eigenvalue weighted by molar-refractivity contribution is -0.148. The Kier molecular flexibility index (Phi) is 1.79. The van der Waals surface area contributed by atoms with E-state index in [4.69, 9.17) is 4.74 Å². The highest BCUT2D eigenvalue weighted by Gasteiger charge is 2.69. The van der Waals surface area contributed by atoms with Crippen molar-refractivity contribution in [3.05, 3.63) is 48.0 Å². The van der Waals surface area contributed by atoms with Gasteiger partial charge in [0.2, 0.25) is 0 Å². The van der Waals surface area contributed by atoms with Gasteiger partial charge < -0.3 is 4.74 Å². The second-order valence-electron chi connectivity index (χ2n) is 4.85. The molecule has 0 N–H and O–H groups in total. The number of hydrogen-bond acceptors (Lipinski definition) is 2. The Morgan fingerprint density at radius 2 is 2.00 bits per heavy atom. The molecule has 0 bridgehead atoms. The van der Waals surface area contributed by atoms with Gasteiger partial charge in [-0.15, -0.1) is 0 Å². The van der Waals surface area contributed by atoms with Crippen LogP contribution >= 0.6 is 0 Å². The van der Waals surface area contributed by atoms with E-state index in [1.807, 2.05) is 30.4 Å². The fraction of sp³-hybridized carbons (Fsp3) is 0.357. The van der Waals surface area contributed by atoms with Gasteiger partial charge in [0.25, 0.3) is 0 Å². The number of carbonyl (C=O) groups is 1. The van der Waals surface area contributed by atoms with Crippen LogP contribution in [0, 0.1) is 5.41 Å². The van der Waals surface area contributed by atoms with Crippen molar-refractivity contribution < 1.29 is 9.53 Å². The van der Waals surface area contributed by atoms with Gasteiger partial charge in [0.05, 0.1) is 5.41 Å². The van der Waals surface area contributed by atoms with Gasteiger partial charge in [-0.3, -0.25) is 4.79 Å². The van der Waals surface area contributed by atoms with Gasteiger partial charge in [-0.2, -0.15) is 0 Å². The quantitative estimate of drug-likeness (QED) is 0.530. The van der Waals surface area contributed by atoms with Crippen LogP contribution in [0.15, 0.2) is 42.5 Å². The second kappa shape index (κ2) is 2.97. The summed E-state index contributed by atoms with van der Waals surface area (Å²) in [6.07, 6.45) is 4.85. The smallest absolute Gasteiger partial charge is 0.317 e. The molecule has 0 radical (unpaired) electrons. The van der Waals surface area contributed by atoms with Gasteiger partial charge in [-0.05, 0) is 12.0 Å². The first-order chi connectivity index (χ1) is 7.69. The van der Waals surface area contributed by atoms with Crippen LogP contribution in [0.25, 0.3) is 0 Å². The van der Waals surface area contributed by atoms with E-state index in [0.717, 1.165) is 6.42 Å². The van der Waals surface area contributed by atoms with Gasteiger partial charge in [-0.1, -0.05) is 49.4 Å². The van der Waals surface area contributed by atoms with E-state index in [9.17, 15) is 4.79 Å². The lowest BCUT2D eigenvalue weighted by atomic mass is 9.86. The van der Waals surface area contributed by atoms with Gasteiger partial charge >= 0.3 is 5.97 Å². The first-order valence-electron chi connectivity index (χ1n) is 5.59. The van der Waals surface area contributed by atoms with E-state index in [1.54, 1.807) is 0 Å². The molecule has 0 aromatic heterocycles. The fourth-order valence-electron chi connectivity index (χ4n) is 2.79. The molecule has 0 saturated heterocycles. The Morgan fingerprint density at radius 3 is 2.69 bits per heavy atom. The van der Waals surface area contributed by atoms with Crippen molar-refractivity contribution in [2.75, 3.05) is 6.61 Å². The third-order valence-corrected chi connectivity index (χ3v) is 3.98. The molecule has 1 fully saturated rings. The summed E-state index contributed by atoms with van der Waals surface area (Å²) >= 11 is 0. The molecule has 0 unspecified atom stereocenters. The molecule has 1 saturated carbocycles. The normalized spacial score (nSPS) is 36.2. The number of hydrogen-bond donors (Lipinski definition) is 0. The average molecular weight is 214 g/mol. The van der Waals surface area contributed by atoms with E-state index >= 15 is 0 Å². The number of carbonyl (C=O) groups excluding carboxylic acids is 1. The standard InChI is InChI=1S/C14H14O2/c1-13(11-6-3-2-4-7-11)10-14(13)8-5-9-16-12(14)15/h2-8H,9-10H2,1H3/t13-,14-/m1/s1. The lowest BCUT2D eigenvalue weighted by Gasteiger charge is -2.21. The molecule has 2 nitrogen and oxygen atoms in total. The summed E-state index contributed by atoms with van der Waals surface area (Å²) < 4.78 is 5.15. The summed E-state index contributed by atoms with van der Waals surface area (Å²) in [6.45, 7) is 2.56. The highest BCUT2D eigenvalue weighted by molar-refractivity contribution is 5.87. The molecule has 1 heterocycles. The zero-order valence-electron chi connectivity index (χ0n) is 9.27. The number of rotatable bonds is 1. The zero-order valence-corrected chi connectivity index (χ0v) is 9.27. The molecule has 2 aliphatic rings. The molecule has 3 rings (SSSR count). The summed E-state index contributed by atoms with van der Waals surface area (Å²) in [5.74, 6) is -0.0682. The van der Waals surface area contributed by atoms with Crippen molar-refractivity contribution in [1.82, 2.24) is 0 Å². The Hall–Kier alpha value is -1.57. The third kappa shape index (κ3) is 1.04. The van der Waals surface area contributed by atoms with Crippen LogP contribution in [-0.4, -0.2) is 12.6 Å². The third-order valence-electron chi connectivity index (χ3n) is 3.98. The molecule has 1 aliphatic heterocycles. The molecule has 0 amide bonds. The average Bonchev–Trinajstić information content (AvgIpc) is 2.93. The first kappa shape index (κ1) is 9.64.